The smallest absolute Gasteiger partial charge is 0.241 e. The molecule has 2 aromatic rings. The van der Waals surface area contributed by atoms with Crippen LogP contribution in [0.1, 0.15) is 16.7 Å². The predicted molar refractivity (Wildman–Crippen MR) is 104 cm³/mol. The number of carbonyl (C=O) groups is 1. The second-order valence-corrected chi connectivity index (χ2v) is 7.06. The van der Waals surface area contributed by atoms with E-state index in [1.54, 1.807) is 7.11 Å². The zero-order valence-electron chi connectivity index (χ0n) is 15.7. The van der Waals surface area contributed by atoms with Crippen molar-refractivity contribution < 1.29 is 9.53 Å². The normalized spacial score (nSPS) is 15.0. The lowest BCUT2D eigenvalue weighted by molar-refractivity contribution is -0.132. The summed E-state index contributed by atoms with van der Waals surface area (Å²) < 4.78 is 5.09. The standard InChI is InChI=1S/C22H28N2O2/c1-24(14-12-18-8-4-3-5-9-18)22(21(25)23-13-15-26-2)16-19-10-6-7-11-20(19)17-22/h3-11H,12-17H2,1-2H3,(H,23,25). The van der Waals surface area contributed by atoms with Gasteiger partial charge in [-0.15, -0.1) is 0 Å². The molecule has 1 aliphatic rings. The van der Waals surface area contributed by atoms with Crippen LogP contribution >= 0.6 is 0 Å². The van der Waals surface area contributed by atoms with Crippen molar-refractivity contribution in [2.45, 2.75) is 24.8 Å². The molecule has 0 radical (unpaired) electrons. The number of nitrogens with one attached hydrogen (secondary N) is 1. The van der Waals surface area contributed by atoms with Gasteiger partial charge in [0.25, 0.3) is 0 Å². The maximum absolute atomic E-state index is 13.2. The number of methoxy groups -OCH3 is 1. The van der Waals surface area contributed by atoms with Crippen molar-refractivity contribution in [3.8, 4) is 0 Å². The predicted octanol–water partition coefficient (Wildman–Crippen LogP) is 2.46. The molecule has 4 heteroatoms. The van der Waals surface area contributed by atoms with Crippen LogP contribution in [0.5, 0.6) is 0 Å². The molecule has 26 heavy (non-hydrogen) atoms. The van der Waals surface area contributed by atoms with Gasteiger partial charge in [-0.3, -0.25) is 9.69 Å². The van der Waals surface area contributed by atoms with Crippen molar-refractivity contribution >= 4 is 5.91 Å². The van der Waals surface area contributed by atoms with E-state index in [1.165, 1.54) is 16.7 Å². The van der Waals surface area contributed by atoms with Gasteiger partial charge < -0.3 is 10.1 Å². The zero-order chi connectivity index (χ0) is 18.4. The third-order valence-electron chi connectivity index (χ3n) is 5.41. The molecule has 1 N–H and O–H groups in total. The molecule has 4 nitrogen and oxygen atoms in total. The average Bonchev–Trinajstić information content (AvgIpc) is 3.08. The first-order valence-corrected chi connectivity index (χ1v) is 9.25. The topological polar surface area (TPSA) is 41.6 Å². The van der Waals surface area contributed by atoms with E-state index in [1.807, 2.05) is 6.07 Å². The molecule has 0 saturated heterocycles. The van der Waals surface area contributed by atoms with Gasteiger partial charge in [-0.2, -0.15) is 0 Å². The van der Waals surface area contributed by atoms with Gasteiger partial charge in [0.05, 0.1) is 6.61 Å². The molecule has 0 aliphatic heterocycles. The van der Waals surface area contributed by atoms with Crippen molar-refractivity contribution in [3.05, 3.63) is 71.3 Å². The quantitative estimate of drug-likeness (QED) is 0.742. The van der Waals surface area contributed by atoms with E-state index in [-0.39, 0.29) is 5.91 Å². The number of amides is 1. The highest BCUT2D eigenvalue weighted by atomic mass is 16.5. The minimum atomic E-state index is -0.522. The highest BCUT2D eigenvalue weighted by Gasteiger charge is 2.46. The van der Waals surface area contributed by atoms with Crippen molar-refractivity contribution in [2.75, 3.05) is 33.9 Å². The molecule has 0 aromatic heterocycles. The summed E-state index contributed by atoms with van der Waals surface area (Å²) >= 11 is 0. The molecule has 0 saturated carbocycles. The summed E-state index contributed by atoms with van der Waals surface area (Å²) in [5.41, 5.74) is 3.33. The number of nitrogens with zero attached hydrogens (tertiary/aromatic N) is 1. The number of hydrogen-bond acceptors (Lipinski definition) is 3. The SMILES string of the molecule is COCCNC(=O)C1(N(C)CCc2ccccc2)Cc2ccccc2C1. The Morgan fingerprint density at radius 2 is 1.69 bits per heavy atom. The van der Waals surface area contributed by atoms with Gasteiger partial charge in [0.2, 0.25) is 5.91 Å². The third-order valence-corrected chi connectivity index (χ3v) is 5.41. The second-order valence-electron chi connectivity index (χ2n) is 7.06. The van der Waals surface area contributed by atoms with Crippen LogP contribution in [0.15, 0.2) is 54.6 Å². The monoisotopic (exact) mass is 352 g/mol. The fourth-order valence-electron chi connectivity index (χ4n) is 3.79. The van der Waals surface area contributed by atoms with E-state index in [4.69, 9.17) is 4.74 Å². The highest BCUT2D eigenvalue weighted by Crippen LogP contribution is 2.34. The molecule has 0 heterocycles. The number of hydrogen-bond donors (Lipinski definition) is 1. The number of ether oxygens (including phenoxy) is 1. The molecule has 0 bridgehead atoms. The summed E-state index contributed by atoms with van der Waals surface area (Å²) in [5, 5.41) is 3.07. The van der Waals surface area contributed by atoms with Gasteiger partial charge in [-0.05, 0) is 30.2 Å². The van der Waals surface area contributed by atoms with E-state index < -0.39 is 5.54 Å². The average molecular weight is 352 g/mol. The van der Waals surface area contributed by atoms with Gasteiger partial charge in [0, 0.05) is 33.0 Å². The Labute approximate surface area is 156 Å². The molecule has 2 aromatic carbocycles. The maximum atomic E-state index is 13.2. The van der Waals surface area contributed by atoms with Crippen molar-refractivity contribution in [3.63, 3.8) is 0 Å². The first-order chi connectivity index (χ1) is 12.7. The van der Waals surface area contributed by atoms with Crippen molar-refractivity contribution in [1.29, 1.82) is 0 Å². The number of benzene rings is 2. The van der Waals surface area contributed by atoms with Crippen LogP contribution in [0.2, 0.25) is 0 Å². The summed E-state index contributed by atoms with van der Waals surface area (Å²) in [7, 11) is 3.73. The summed E-state index contributed by atoms with van der Waals surface area (Å²) in [6.07, 6.45) is 2.45. The Hall–Kier alpha value is -2.17. The highest BCUT2D eigenvalue weighted by molar-refractivity contribution is 5.88. The van der Waals surface area contributed by atoms with Gasteiger partial charge >= 0.3 is 0 Å². The van der Waals surface area contributed by atoms with Gasteiger partial charge in [0.15, 0.2) is 0 Å². The van der Waals surface area contributed by atoms with Crippen molar-refractivity contribution in [2.24, 2.45) is 0 Å². The van der Waals surface area contributed by atoms with Crippen LogP contribution in [0.3, 0.4) is 0 Å². The Bertz CT molecular complexity index is 705. The zero-order valence-corrected chi connectivity index (χ0v) is 15.7. The van der Waals surface area contributed by atoms with Crippen LogP contribution in [-0.2, 0) is 28.8 Å². The molecule has 1 aliphatic carbocycles. The van der Waals surface area contributed by atoms with E-state index in [9.17, 15) is 4.79 Å². The van der Waals surface area contributed by atoms with Crippen LogP contribution in [0, 0.1) is 0 Å². The Morgan fingerprint density at radius 3 is 2.31 bits per heavy atom. The lowest BCUT2D eigenvalue weighted by atomic mass is 9.91. The molecule has 0 unspecified atom stereocenters. The molecule has 0 atom stereocenters. The van der Waals surface area contributed by atoms with Gasteiger partial charge in [-0.1, -0.05) is 54.6 Å². The second kappa shape index (κ2) is 8.47. The first kappa shape index (κ1) is 18.6. The number of fused-ring (bicyclic) bond motifs is 1. The minimum absolute atomic E-state index is 0.0984. The Balaban J connectivity index is 1.76. The lowest BCUT2D eigenvalue weighted by Gasteiger charge is -2.37. The Morgan fingerprint density at radius 1 is 1.08 bits per heavy atom. The molecule has 1 amide bonds. The molecule has 138 valence electrons. The van der Waals surface area contributed by atoms with E-state index in [2.05, 4.69) is 65.8 Å². The van der Waals surface area contributed by atoms with Crippen LogP contribution < -0.4 is 5.32 Å². The lowest BCUT2D eigenvalue weighted by Crippen LogP contribution is -2.59. The first-order valence-electron chi connectivity index (χ1n) is 9.25. The fourth-order valence-corrected chi connectivity index (χ4v) is 3.79. The molecular weight excluding hydrogens is 324 g/mol. The summed E-state index contributed by atoms with van der Waals surface area (Å²) in [5.74, 6) is 0.0984. The van der Waals surface area contributed by atoms with Gasteiger partial charge in [0.1, 0.15) is 5.54 Å². The summed E-state index contributed by atoms with van der Waals surface area (Å²) in [4.78, 5) is 15.4. The van der Waals surface area contributed by atoms with E-state index in [0.29, 0.717) is 13.2 Å². The molecular formula is C22H28N2O2. The fraction of sp³-hybridized carbons (Fsp3) is 0.409. The van der Waals surface area contributed by atoms with Crippen LogP contribution in [-0.4, -0.2) is 50.2 Å². The maximum Gasteiger partial charge on any atom is 0.241 e. The summed E-state index contributed by atoms with van der Waals surface area (Å²) in [6.45, 7) is 1.91. The number of rotatable bonds is 8. The van der Waals surface area contributed by atoms with Gasteiger partial charge in [-0.25, -0.2) is 0 Å². The van der Waals surface area contributed by atoms with E-state index >= 15 is 0 Å². The number of carbonyl (C=O) groups excluding carboxylic acids is 1. The Kier molecular flexibility index (Phi) is 6.07. The number of likely N-dealkylation sites (N-methyl/N-ethyl adjacent to an activating group) is 1. The third kappa shape index (κ3) is 3.97. The van der Waals surface area contributed by atoms with Crippen molar-refractivity contribution in [1.82, 2.24) is 10.2 Å². The van der Waals surface area contributed by atoms with Crippen LogP contribution in [0.4, 0.5) is 0 Å². The molecule has 0 spiro atoms. The largest absolute Gasteiger partial charge is 0.383 e. The molecule has 3 rings (SSSR count). The van der Waals surface area contributed by atoms with E-state index in [0.717, 1.165) is 25.8 Å². The van der Waals surface area contributed by atoms with Crippen LogP contribution in [0.25, 0.3) is 0 Å². The minimum Gasteiger partial charge on any atom is -0.383 e. The molecule has 0 fully saturated rings. The summed E-state index contributed by atoms with van der Waals surface area (Å²) in [6, 6.07) is 18.8.